The molecule has 23 heavy (non-hydrogen) atoms. The Labute approximate surface area is 135 Å². The summed E-state index contributed by atoms with van der Waals surface area (Å²) in [4.78, 5) is 0. The Kier molecular flexibility index (Phi) is 3.15. The maximum Gasteiger partial charge on any atom is 0.115 e. The van der Waals surface area contributed by atoms with Crippen molar-refractivity contribution in [2.24, 2.45) is 27.6 Å². The molecule has 0 aromatic heterocycles. The maximum atomic E-state index is 9.72. The van der Waals surface area contributed by atoms with Crippen LogP contribution in [-0.4, -0.2) is 26.9 Å². The second-order valence-corrected chi connectivity index (χ2v) is 7.45. The molecule has 2 saturated carbocycles. The van der Waals surface area contributed by atoms with Crippen molar-refractivity contribution < 1.29 is 15.5 Å². The average Bonchev–Trinajstić information content (AvgIpc) is 2.85. The second-order valence-electron chi connectivity index (χ2n) is 7.45. The fourth-order valence-electron chi connectivity index (χ4n) is 5.45. The van der Waals surface area contributed by atoms with Crippen molar-refractivity contribution in [3.05, 3.63) is 29.3 Å². The first kappa shape index (κ1) is 14.5. The fourth-order valence-corrected chi connectivity index (χ4v) is 5.45. The Morgan fingerprint density at radius 2 is 2.00 bits per heavy atom. The first-order chi connectivity index (χ1) is 11.1. The Balaban J connectivity index is 1.74. The molecule has 5 nitrogen and oxygen atoms in total. The van der Waals surface area contributed by atoms with E-state index < -0.39 is 0 Å². The molecular weight excluding hydrogens is 292 g/mol. The third kappa shape index (κ3) is 1.92. The van der Waals surface area contributed by atoms with Gasteiger partial charge in [-0.15, -0.1) is 0 Å². The predicted octanol–water partition coefficient (Wildman–Crippen LogP) is 3.52. The van der Waals surface area contributed by atoms with Crippen LogP contribution < -0.4 is 0 Å². The quantitative estimate of drug-likeness (QED) is 0.506. The van der Waals surface area contributed by atoms with Gasteiger partial charge in [-0.1, -0.05) is 23.3 Å². The molecule has 0 saturated heterocycles. The molecule has 4 atom stereocenters. The van der Waals surface area contributed by atoms with Crippen molar-refractivity contribution in [1.29, 1.82) is 0 Å². The van der Waals surface area contributed by atoms with E-state index in [1.54, 1.807) is 6.07 Å². The van der Waals surface area contributed by atoms with Gasteiger partial charge >= 0.3 is 0 Å². The third-order valence-corrected chi connectivity index (χ3v) is 6.55. The van der Waals surface area contributed by atoms with Gasteiger partial charge in [-0.2, -0.15) is 0 Å². The van der Waals surface area contributed by atoms with E-state index in [1.807, 2.05) is 6.07 Å². The summed E-state index contributed by atoms with van der Waals surface area (Å²) >= 11 is 0. The SMILES string of the molecule is CC12CCC3c4ccc(O)cc4CCC3C1CC(=N\O)/C2=N\O. The number of rotatable bonds is 0. The topological polar surface area (TPSA) is 85.4 Å². The highest BCUT2D eigenvalue weighted by Crippen LogP contribution is 2.59. The molecule has 3 aliphatic rings. The zero-order valence-electron chi connectivity index (χ0n) is 13.2. The minimum Gasteiger partial charge on any atom is -0.508 e. The summed E-state index contributed by atoms with van der Waals surface area (Å²) in [5.74, 6) is 1.67. The van der Waals surface area contributed by atoms with Crippen molar-refractivity contribution in [1.82, 2.24) is 0 Å². The number of phenolic OH excluding ortho intramolecular Hbond substituents is 1. The van der Waals surface area contributed by atoms with E-state index in [2.05, 4.69) is 23.3 Å². The van der Waals surface area contributed by atoms with E-state index in [1.165, 1.54) is 11.1 Å². The van der Waals surface area contributed by atoms with Crippen LogP contribution in [0.4, 0.5) is 0 Å². The first-order valence-electron chi connectivity index (χ1n) is 8.34. The predicted molar refractivity (Wildman–Crippen MR) is 86.5 cm³/mol. The molecular formula is C18H22N2O3. The van der Waals surface area contributed by atoms with Crippen molar-refractivity contribution in [2.45, 2.75) is 44.9 Å². The molecule has 3 N–H and O–H groups in total. The van der Waals surface area contributed by atoms with Crippen LogP contribution >= 0.6 is 0 Å². The van der Waals surface area contributed by atoms with Crippen LogP contribution in [-0.2, 0) is 6.42 Å². The molecule has 0 radical (unpaired) electrons. The second kappa shape index (κ2) is 4.98. The zero-order chi connectivity index (χ0) is 16.2. The first-order valence-corrected chi connectivity index (χ1v) is 8.34. The number of phenols is 1. The maximum absolute atomic E-state index is 9.72. The molecule has 122 valence electrons. The van der Waals surface area contributed by atoms with Crippen LogP contribution in [0.25, 0.3) is 0 Å². The minimum absolute atomic E-state index is 0.202. The summed E-state index contributed by atoms with van der Waals surface area (Å²) in [6, 6.07) is 5.75. The lowest BCUT2D eigenvalue weighted by atomic mass is 9.55. The molecule has 1 aromatic rings. The molecule has 0 bridgehead atoms. The lowest BCUT2D eigenvalue weighted by molar-refractivity contribution is 0.0963. The summed E-state index contributed by atoms with van der Waals surface area (Å²) in [5, 5.41) is 35.3. The molecule has 1 aromatic carbocycles. The summed E-state index contributed by atoms with van der Waals surface area (Å²) in [7, 11) is 0. The highest BCUT2D eigenvalue weighted by molar-refractivity contribution is 6.46. The van der Waals surface area contributed by atoms with Gasteiger partial charge in [-0.25, -0.2) is 0 Å². The molecule has 4 unspecified atom stereocenters. The molecule has 0 amide bonds. The van der Waals surface area contributed by atoms with E-state index >= 15 is 0 Å². The Morgan fingerprint density at radius 1 is 1.17 bits per heavy atom. The molecule has 3 aliphatic carbocycles. The molecule has 0 heterocycles. The smallest absolute Gasteiger partial charge is 0.115 e. The molecule has 4 rings (SSSR count). The minimum atomic E-state index is -0.202. The van der Waals surface area contributed by atoms with Gasteiger partial charge in [0.15, 0.2) is 0 Å². The van der Waals surface area contributed by atoms with Crippen LogP contribution in [0.1, 0.15) is 49.7 Å². The number of oxime groups is 2. The van der Waals surface area contributed by atoms with Crippen molar-refractivity contribution in [2.75, 3.05) is 0 Å². The molecule has 5 heteroatoms. The van der Waals surface area contributed by atoms with E-state index in [4.69, 9.17) is 0 Å². The third-order valence-electron chi connectivity index (χ3n) is 6.55. The van der Waals surface area contributed by atoms with Crippen LogP contribution in [0.2, 0.25) is 0 Å². The normalized spacial score (nSPS) is 39.1. The van der Waals surface area contributed by atoms with Gasteiger partial charge in [0.05, 0.1) is 0 Å². The summed E-state index contributed by atoms with van der Waals surface area (Å²) in [6.07, 6.45) is 4.68. The highest BCUT2D eigenvalue weighted by atomic mass is 16.4. The van der Waals surface area contributed by atoms with E-state index in [0.717, 1.165) is 25.7 Å². The number of benzene rings is 1. The highest BCUT2D eigenvalue weighted by Gasteiger charge is 2.56. The molecule has 0 spiro atoms. The number of hydrogen-bond acceptors (Lipinski definition) is 5. The Hall–Kier alpha value is -2.04. The van der Waals surface area contributed by atoms with Crippen LogP contribution in [0.5, 0.6) is 5.75 Å². The number of nitrogens with zero attached hydrogens (tertiary/aromatic N) is 2. The summed E-state index contributed by atoms with van der Waals surface area (Å²) in [5.41, 5.74) is 3.53. The number of fused-ring (bicyclic) bond motifs is 5. The van der Waals surface area contributed by atoms with Gasteiger partial charge in [-0.05, 0) is 73.1 Å². The lowest BCUT2D eigenvalue weighted by Crippen LogP contribution is -2.42. The van der Waals surface area contributed by atoms with Gasteiger partial charge in [-0.3, -0.25) is 0 Å². The van der Waals surface area contributed by atoms with Gasteiger partial charge in [0.1, 0.15) is 17.2 Å². The van der Waals surface area contributed by atoms with E-state index in [-0.39, 0.29) is 5.41 Å². The van der Waals surface area contributed by atoms with Crippen molar-refractivity contribution >= 4 is 11.4 Å². The van der Waals surface area contributed by atoms with Gasteiger partial charge in [0, 0.05) is 5.41 Å². The average molecular weight is 314 g/mol. The number of aryl methyl sites for hydroxylation is 1. The van der Waals surface area contributed by atoms with E-state index in [9.17, 15) is 15.5 Å². The monoisotopic (exact) mass is 314 g/mol. The van der Waals surface area contributed by atoms with Gasteiger partial charge < -0.3 is 15.5 Å². The standard InChI is InChI=1S/C18H22N2O3/c1-18-7-6-13-12-5-3-11(21)8-10(12)2-4-14(13)15(18)9-16(19-22)17(18)20-23/h3,5,8,13-15,21-23H,2,4,6-7,9H2,1H3/b19-16+,20-17+. The largest absolute Gasteiger partial charge is 0.508 e. The number of hydrogen-bond donors (Lipinski definition) is 3. The fraction of sp³-hybridized carbons (Fsp3) is 0.556. The Bertz CT molecular complexity index is 712. The number of aromatic hydroxyl groups is 1. The van der Waals surface area contributed by atoms with Crippen LogP contribution in [0.3, 0.4) is 0 Å². The van der Waals surface area contributed by atoms with Crippen LogP contribution in [0.15, 0.2) is 28.5 Å². The van der Waals surface area contributed by atoms with Gasteiger partial charge in [0.25, 0.3) is 0 Å². The zero-order valence-corrected chi connectivity index (χ0v) is 13.2. The van der Waals surface area contributed by atoms with Crippen LogP contribution in [0, 0.1) is 17.3 Å². The van der Waals surface area contributed by atoms with E-state index in [0.29, 0.717) is 41.3 Å². The van der Waals surface area contributed by atoms with Crippen molar-refractivity contribution in [3.63, 3.8) is 0 Å². The summed E-state index contributed by atoms with van der Waals surface area (Å²) in [6.45, 7) is 2.15. The van der Waals surface area contributed by atoms with Gasteiger partial charge in [0.2, 0.25) is 0 Å². The Morgan fingerprint density at radius 3 is 2.74 bits per heavy atom. The lowest BCUT2D eigenvalue weighted by Gasteiger charge is -2.48. The summed E-state index contributed by atoms with van der Waals surface area (Å²) < 4.78 is 0. The molecule has 0 aliphatic heterocycles. The molecule has 2 fully saturated rings. The van der Waals surface area contributed by atoms with Crippen molar-refractivity contribution in [3.8, 4) is 5.75 Å².